The van der Waals surface area contributed by atoms with Gasteiger partial charge in [-0.15, -0.1) is 10.2 Å². The molecule has 31 heavy (non-hydrogen) atoms. The van der Waals surface area contributed by atoms with E-state index in [1.807, 2.05) is 19.9 Å². The van der Waals surface area contributed by atoms with Gasteiger partial charge in [0, 0.05) is 23.0 Å². The van der Waals surface area contributed by atoms with Crippen LogP contribution in [0, 0.1) is 13.8 Å². The molecule has 1 aliphatic rings. The second-order valence-electron chi connectivity index (χ2n) is 7.38. The normalized spacial score (nSPS) is 13.2. The fraction of sp³-hybridized carbons (Fsp3) is 0.409. The fourth-order valence-electron chi connectivity index (χ4n) is 3.72. The molecule has 0 unspecified atom stereocenters. The zero-order valence-electron chi connectivity index (χ0n) is 18.2. The van der Waals surface area contributed by atoms with Crippen molar-refractivity contribution in [3.8, 4) is 28.7 Å². The van der Waals surface area contributed by atoms with Crippen LogP contribution in [0.4, 0.5) is 0 Å². The average molecular weight is 427 g/mol. The van der Waals surface area contributed by atoms with Gasteiger partial charge in [0.15, 0.2) is 18.1 Å². The number of ether oxygens (including phenoxy) is 4. The molecule has 0 spiro atoms. The lowest BCUT2D eigenvalue weighted by Crippen LogP contribution is -2.07. The third-order valence-corrected chi connectivity index (χ3v) is 5.32. The SMILES string of the molecule is COc1cc(-c2nnc(COC(=O)c3cc(C)n(C4CC4)c3C)o2)cc(OC)c1OC. The minimum absolute atomic E-state index is 0.122. The van der Waals surface area contributed by atoms with Crippen LogP contribution >= 0.6 is 0 Å². The highest BCUT2D eigenvalue weighted by Gasteiger charge is 2.29. The Morgan fingerprint density at radius 2 is 1.74 bits per heavy atom. The van der Waals surface area contributed by atoms with Crippen molar-refractivity contribution >= 4 is 5.97 Å². The highest BCUT2D eigenvalue weighted by atomic mass is 16.5. The molecule has 0 saturated heterocycles. The Balaban J connectivity index is 1.49. The van der Waals surface area contributed by atoms with E-state index in [9.17, 15) is 4.79 Å². The van der Waals surface area contributed by atoms with Crippen molar-refractivity contribution in [1.29, 1.82) is 0 Å². The molecule has 9 heteroatoms. The largest absolute Gasteiger partial charge is 0.493 e. The summed E-state index contributed by atoms with van der Waals surface area (Å²) in [5.41, 5.74) is 3.14. The van der Waals surface area contributed by atoms with Gasteiger partial charge in [-0.1, -0.05) is 0 Å². The van der Waals surface area contributed by atoms with Crippen LogP contribution in [-0.2, 0) is 11.3 Å². The molecule has 3 aromatic rings. The fourth-order valence-corrected chi connectivity index (χ4v) is 3.72. The van der Waals surface area contributed by atoms with E-state index in [2.05, 4.69) is 14.8 Å². The first-order chi connectivity index (χ1) is 15.0. The number of nitrogens with zero attached hydrogens (tertiary/aromatic N) is 3. The molecule has 0 atom stereocenters. The molecule has 1 fully saturated rings. The lowest BCUT2D eigenvalue weighted by atomic mass is 10.2. The number of benzene rings is 1. The Bertz CT molecular complexity index is 1090. The summed E-state index contributed by atoms with van der Waals surface area (Å²) in [6.45, 7) is 3.82. The number of carbonyl (C=O) groups is 1. The molecule has 0 aliphatic heterocycles. The standard InChI is InChI=1S/C22H25N3O6/c1-12-8-16(13(2)25(12)15-6-7-15)22(26)30-11-19-23-24-21(31-19)14-9-17(27-3)20(29-5)18(10-14)28-4/h8-10,15H,6-7,11H2,1-5H3. The molecule has 1 aliphatic carbocycles. The van der Waals surface area contributed by atoms with Gasteiger partial charge in [-0.25, -0.2) is 4.79 Å². The quantitative estimate of drug-likeness (QED) is 0.500. The second-order valence-corrected chi connectivity index (χ2v) is 7.38. The summed E-state index contributed by atoms with van der Waals surface area (Å²) in [5, 5.41) is 8.03. The van der Waals surface area contributed by atoms with Gasteiger partial charge in [0.1, 0.15) is 0 Å². The lowest BCUT2D eigenvalue weighted by molar-refractivity contribution is 0.0437. The lowest BCUT2D eigenvalue weighted by Gasteiger charge is -2.12. The van der Waals surface area contributed by atoms with E-state index >= 15 is 0 Å². The Labute approximate surface area is 179 Å². The van der Waals surface area contributed by atoms with Gasteiger partial charge in [0.05, 0.1) is 26.9 Å². The summed E-state index contributed by atoms with van der Waals surface area (Å²) in [6.07, 6.45) is 2.30. The van der Waals surface area contributed by atoms with Crippen LogP contribution in [0.1, 0.15) is 46.5 Å². The molecule has 9 nitrogen and oxygen atoms in total. The number of carbonyl (C=O) groups excluding carboxylic acids is 1. The van der Waals surface area contributed by atoms with E-state index in [0.29, 0.717) is 34.4 Å². The number of aryl methyl sites for hydroxylation is 1. The van der Waals surface area contributed by atoms with E-state index in [1.54, 1.807) is 12.1 Å². The first-order valence-corrected chi connectivity index (χ1v) is 9.95. The van der Waals surface area contributed by atoms with Crippen molar-refractivity contribution in [2.24, 2.45) is 0 Å². The molecule has 0 amide bonds. The summed E-state index contributed by atoms with van der Waals surface area (Å²) in [5.74, 6) is 1.42. The van der Waals surface area contributed by atoms with Gasteiger partial charge in [-0.3, -0.25) is 0 Å². The average Bonchev–Trinajstić information content (AvgIpc) is 3.41. The van der Waals surface area contributed by atoms with Crippen LogP contribution in [0.25, 0.3) is 11.5 Å². The van der Waals surface area contributed by atoms with Crippen molar-refractivity contribution in [3.05, 3.63) is 41.0 Å². The second kappa shape index (κ2) is 8.33. The summed E-state index contributed by atoms with van der Waals surface area (Å²) in [6, 6.07) is 5.78. The van der Waals surface area contributed by atoms with Crippen LogP contribution in [-0.4, -0.2) is 42.1 Å². The van der Waals surface area contributed by atoms with E-state index in [1.165, 1.54) is 21.3 Å². The van der Waals surface area contributed by atoms with Gasteiger partial charge in [0.2, 0.25) is 11.6 Å². The molecule has 2 aromatic heterocycles. The van der Waals surface area contributed by atoms with Crippen molar-refractivity contribution in [2.45, 2.75) is 39.3 Å². The minimum Gasteiger partial charge on any atom is -0.493 e. The van der Waals surface area contributed by atoms with Crippen molar-refractivity contribution in [1.82, 2.24) is 14.8 Å². The van der Waals surface area contributed by atoms with Crippen molar-refractivity contribution in [3.63, 3.8) is 0 Å². The van der Waals surface area contributed by atoms with Gasteiger partial charge in [0.25, 0.3) is 5.89 Å². The molecular weight excluding hydrogens is 402 g/mol. The Morgan fingerprint density at radius 3 is 2.32 bits per heavy atom. The summed E-state index contributed by atoms with van der Waals surface area (Å²) in [7, 11) is 4.58. The Hall–Kier alpha value is -3.49. The maximum Gasteiger partial charge on any atom is 0.340 e. The molecule has 1 aromatic carbocycles. The number of rotatable bonds is 8. The first-order valence-electron chi connectivity index (χ1n) is 9.95. The topological polar surface area (TPSA) is 97.8 Å². The van der Waals surface area contributed by atoms with Crippen molar-refractivity contribution in [2.75, 3.05) is 21.3 Å². The Kier molecular flexibility index (Phi) is 5.58. The number of hydrogen-bond donors (Lipinski definition) is 0. The number of aromatic nitrogens is 3. The van der Waals surface area contributed by atoms with E-state index in [4.69, 9.17) is 23.4 Å². The monoisotopic (exact) mass is 427 g/mol. The summed E-state index contributed by atoms with van der Waals surface area (Å²) < 4.78 is 29.3. The maximum absolute atomic E-state index is 12.6. The minimum atomic E-state index is -0.410. The van der Waals surface area contributed by atoms with E-state index in [-0.39, 0.29) is 18.4 Å². The Morgan fingerprint density at radius 1 is 1.06 bits per heavy atom. The summed E-state index contributed by atoms with van der Waals surface area (Å²) in [4.78, 5) is 12.6. The predicted molar refractivity (Wildman–Crippen MR) is 111 cm³/mol. The van der Waals surface area contributed by atoms with Gasteiger partial charge >= 0.3 is 5.97 Å². The number of methoxy groups -OCH3 is 3. The van der Waals surface area contributed by atoms with Crippen LogP contribution in [0.3, 0.4) is 0 Å². The molecule has 0 radical (unpaired) electrons. The van der Waals surface area contributed by atoms with Gasteiger partial charge < -0.3 is 27.9 Å². The van der Waals surface area contributed by atoms with E-state index in [0.717, 1.165) is 24.2 Å². The molecule has 164 valence electrons. The predicted octanol–water partition coefficient (Wildman–Crippen LogP) is 3.87. The van der Waals surface area contributed by atoms with Crippen LogP contribution in [0.2, 0.25) is 0 Å². The smallest absolute Gasteiger partial charge is 0.340 e. The number of esters is 1. The van der Waals surface area contributed by atoms with Crippen molar-refractivity contribution < 1.29 is 28.2 Å². The third-order valence-electron chi connectivity index (χ3n) is 5.32. The third kappa shape index (κ3) is 3.95. The molecule has 0 bridgehead atoms. The zero-order valence-corrected chi connectivity index (χ0v) is 18.2. The van der Waals surface area contributed by atoms with Gasteiger partial charge in [-0.05, 0) is 44.9 Å². The maximum atomic E-state index is 12.6. The van der Waals surface area contributed by atoms with Crippen LogP contribution < -0.4 is 14.2 Å². The number of hydrogen-bond acceptors (Lipinski definition) is 8. The van der Waals surface area contributed by atoms with Crippen LogP contribution in [0.15, 0.2) is 22.6 Å². The van der Waals surface area contributed by atoms with E-state index < -0.39 is 5.97 Å². The first kappa shape index (κ1) is 20.8. The zero-order chi connectivity index (χ0) is 22.1. The molecule has 0 N–H and O–H groups in total. The molecule has 4 rings (SSSR count). The van der Waals surface area contributed by atoms with Gasteiger partial charge in [-0.2, -0.15) is 0 Å². The molecular formula is C22H25N3O6. The summed E-state index contributed by atoms with van der Waals surface area (Å²) >= 11 is 0. The highest BCUT2D eigenvalue weighted by Crippen LogP contribution is 2.41. The molecule has 2 heterocycles. The van der Waals surface area contributed by atoms with Crippen LogP contribution in [0.5, 0.6) is 17.2 Å². The highest BCUT2D eigenvalue weighted by molar-refractivity contribution is 5.91. The molecule has 1 saturated carbocycles.